The summed E-state index contributed by atoms with van der Waals surface area (Å²) in [6, 6.07) is 3.89. The number of aromatic nitrogens is 7. The fourth-order valence-corrected chi connectivity index (χ4v) is 3.61. The van der Waals surface area contributed by atoms with Crippen molar-refractivity contribution >= 4 is 23.1 Å². The van der Waals surface area contributed by atoms with Crippen molar-refractivity contribution in [1.29, 1.82) is 0 Å². The van der Waals surface area contributed by atoms with Crippen molar-refractivity contribution in [1.82, 2.24) is 34.8 Å². The van der Waals surface area contributed by atoms with E-state index in [0.29, 0.717) is 28.6 Å². The Morgan fingerprint density at radius 2 is 2.20 bits per heavy atom. The molecule has 0 unspecified atom stereocenters. The third-order valence-electron chi connectivity index (χ3n) is 3.41. The highest BCUT2D eigenvalue weighted by Gasteiger charge is 2.16. The number of hydrogen-bond acceptors (Lipinski definition) is 9. The molecule has 4 rings (SSSR count). The van der Waals surface area contributed by atoms with Gasteiger partial charge in [-0.1, -0.05) is 16.9 Å². The minimum absolute atomic E-state index is 0.458. The summed E-state index contributed by atoms with van der Waals surface area (Å²) in [5.41, 5.74) is 2.75. The topological polar surface area (TPSA) is 113 Å². The van der Waals surface area contributed by atoms with Gasteiger partial charge in [-0.2, -0.15) is 21.4 Å². The van der Waals surface area contributed by atoms with Gasteiger partial charge >= 0.3 is 0 Å². The van der Waals surface area contributed by atoms with E-state index in [-0.39, 0.29) is 0 Å². The third-order valence-corrected chi connectivity index (χ3v) is 5.03. The molecule has 0 atom stereocenters. The van der Waals surface area contributed by atoms with Gasteiger partial charge in [0.25, 0.3) is 11.8 Å². The van der Waals surface area contributed by atoms with Gasteiger partial charge in [0.1, 0.15) is 0 Å². The molecule has 0 aromatic carbocycles. The van der Waals surface area contributed by atoms with Crippen LogP contribution < -0.4 is 5.84 Å². The first kappa shape index (κ1) is 15.8. The summed E-state index contributed by atoms with van der Waals surface area (Å²) in [5.74, 6) is 8.12. The van der Waals surface area contributed by atoms with Crippen LogP contribution in [0.3, 0.4) is 0 Å². The molecule has 0 aliphatic rings. The van der Waals surface area contributed by atoms with E-state index < -0.39 is 0 Å². The molecule has 2 N–H and O–H groups in total. The second-order valence-corrected chi connectivity index (χ2v) is 7.03. The molecule has 25 heavy (non-hydrogen) atoms. The zero-order chi connectivity index (χ0) is 17.4. The lowest BCUT2D eigenvalue weighted by molar-refractivity contribution is 0.425. The van der Waals surface area contributed by atoms with E-state index in [1.165, 1.54) is 16.4 Å². The SMILES string of the molecule is Cc1cc(C)n(-c2nnc(SCc3noc(-c4ccsc4)n3)n2N)n1. The average molecular weight is 374 g/mol. The van der Waals surface area contributed by atoms with Crippen LogP contribution in [0.25, 0.3) is 17.4 Å². The molecule has 0 spiro atoms. The normalized spacial score (nSPS) is 11.3. The minimum Gasteiger partial charge on any atom is -0.334 e. The van der Waals surface area contributed by atoms with E-state index in [2.05, 4.69) is 25.4 Å². The lowest BCUT2D eigenvalue weighted by atomic mass is 10.3. The van der Waals surface area contributed by atoms with Crippen LogP contribution in [0.1, 0.15) is 17.2 Å². The minimum atomic E-state index is 0.458. The number of nitrogens with zero attached hydrogens (tertiary/aromatic N) is 7. The van der Waals surface area contributed by atoms with Gasteiger partial charge < -0.3 is 10.4 Å². The van der Waals surface area contributed by atoms with Gasteiger partial charge in [-0.05, 0) is 31.4 Å². The molecule has 0 aliphatic carbocycles. The van der Waals surface area contributed by atoms with Gasteiger partial charge in [0.15, 0.2) is 5.82 Å². The zero-order valence-corrected chi connectivity index (χ0v) is 15.1. The molecule has 0 radical (unpaired) electrons. The Kier molecular flexibility index (Phi) is 4.01. The zero-order valence-electron chi connectivity index (χ0n) is 13.4. The molecule has 0 fully saturated rings. The van der Waals surface area contributed by atoms with Crippen LogP contribution in [-0.2, 0) is 5.75 Å². The van der Waals surface area contributed by atoms with Gasteiger partial charge in [-0.15, -0.1) is 10.2 Å². The summed E-state index contributed by atoms with van der Waals surface area (Å²) >= 11 is 2.96. The molecular weight excluding hydrogens is 360 g/mol. The van der Waals surface area contributed by atoms with Crippen LogP contribution in [0.4, 0.5) is 0 Å². The quantitative estimate of drug-likeness (QED) is 0.418. The van der Waals surface area contributed by atoms with Crippen molar-refractivity contribution in [2.75, 3.05) is 5.84 Å². The van der Waals surface area contributed by atoms with E-state index in [1.807, 2.05) is 36.7 Å². The maximum Gasteiger partial charge on any atom is 0.271 e. The lowest BCUT2D eigenvalue weighted by Crippen LogP contribution is -2.17. The Morgan fingerprint density at radius 3 is 2.92 bits per heavy atom. The Bertz CT molecular complexity index is 1000. The van der Waals surface area contributed by atoms with Crippen molar-refractivity contribution in [2.24, 2.45) is 0 Å². The van der Waals surface area contributed by atoms with E-state index in [0.717, 1.165) is 17.0 Å². The summed E-state index contributed by atoms with van der Waals surface area (Å²) < 4.78 is 8.33. The number of nitrogen functional groups attached to an aromatic ring is 1. The summed E-state index contributed by atoms with van der Waals surface area (Å²) in [5, 5.41) is 21.1. The van der Waals surface area contributed by atoms with Gasteiger partial charge in [-0.25, -0.2) is 9.36 Å². The highest BCUT2D eigenvalue weighted by atomic mass is 32.2. The number of hydrogen-bond donors (Lipinski definition) is 1. The third kappa shape index (κ3) is 3.03. The van der Waals surface area contributed by atoms with Crippen molar-refractivity contribution in [3.63, 3.8) is 0 Å². The monoisotopic (exact) mass is 374 g/mol. The van der Waals surface area contributed by atoms with Gasteiger partial charge in [0, 0.05) is 11.1 Å². The number of rotatable bonds is 5. The smallest absolute Gasteiger partial charge is 0.271 e. The molecule has 128 valence electrons. The maximum absolute atomic E-state index is 6.11. The Hall–Kier alpha value is -2.66. The predicted octanol–water partition coefficient (Wildman–Crippen LogP) is 2.20. The molecule has 0 aliphatic heterocycles. The van der Waals surface area contributed by atoms with Crippen LogP contribution in [0.2, 0.25) is 0 Å². The highest BCUT2D eigenvalue weighted by Crippen LogP contribution is 2.24. The van der Waals surface area contributed by atoms with Crippen LogP contribution in [0.5, 0.6) is 0 Å². The Balaban J connectivity index is 1.50. The van der Waals surface area contributed by atoms with Crippen LogP contribution >= 0.6 is 23.1 Å². The van der Waals surface area contributed by atoms with Crippen molar-refractivity contribution in [2.45, 2.75) is 24.8 Å². The predicted molar refractivity (Wildman–Crippen MR) is 93.9 cm³/mol. The molecular formula is C14H14N8OS2. The highest BCUT2D eigenvalue weighted by molar-refractivity contribution is 7.98. The summed E-state index contributed by atoms with van der Waals surface area (Å²) in [6.07, 6.45) is 0. The van der Waals surface area contributed by atoms with Gasteiger partial charge in [0.2, 0.25) is 5.16 Å². The molecule has 4 aromatic heterocycles. The largest absolute Gasteiger partial charge is 0.334 e. The van der Waals surface area contributed by atoms with Crippen LogP contribution in [0, 0.1) is 13.8 Å². The molecule has 4 heterocycles. The van der Waals surface area contributed by atoms with Gasteiger partial charge in [0.05, 0.1) is 17.0 Å². The first-order chi connectivity index (χ1) is 12.1. The lowest BCUT2D eigenvalue weighted by Gasteiger charge is -2.03. The molecule has 11 heteroatoms. The van der Waals surface area contributed by atoms with Crippen molar-refractivity contribution in [3.8, 4) is 17.4 Å². The summed E-state index contributed by atoms with van der Waals surface area (Å²) in [7, 11) is 0. The van der Waals surface area contributed by atoms with Crippen molar-refractivity contribution in [3.05, 3.63) is 40.1 Å². The van der Waals surface area contributed by atoms with E-state index >= 15 is 0 Å². The molecule has 4 aromatic rings. The van der Waals surface area contributed by atoms with Crippen LogP contribution in [-0.4, -0.2) is 34.8 Å². The number of nitrogens with two attached hydrogens (primary N) is 1. The molecule has 0 saturated heterocycles. The first-order valence-electron chi connectivity index (χ1n) is 7.34. The molecule has 0 saturated carbocycles. The molecule has 0 amide bonds. The first-order valence-corrected chi connectivity index (χ1v) is 9.27. The Morgan fingerprint density at radius 1 is 1.32 bits per heavy atom. The number of thiophene rings is 1. The maximum atomic E-state index is 6.11. The van der Waals surface area contributed by atoms with Gasteiger partial charge in [-0.3, -0.25) is 0 Å². The van der Waals surface area contributed by atoms with E-state index in [9.17, 15) is 0 Å². The van der Waals surface area contributed by atoms with Crippen molar-refractivity contribution < 1.29 is 4.52 Å². The molecule has 0 bridgehead atoms. The molecule has 9 nitrogen and oxygen atoms in total. The van der Waals surface area contributed by atoms with E-state index in [1.54, 1.807) is 16.0 Å². The number of thioether (sulfide) groups is 1. The standard InChI is InChI=1S/C14H14N8OS2/c1-8-5-9(2)22(19-8)13-17-18-14(21(13)15)25-7-11-16-12(23-20-11)10-3-4-24-6-10/h3-6H,7,15H2,1-2H3. The second kappa shape index (κ2) is 6.33. The summed E-state index contributed by atoms with van der Waals surface area (Å²) in [6.45, 7) is 3.85. The summed E-state index contributed by atoms with van der Waals surface area (Å²) in [4.78, 5) is 4.37. The van der Waals surface area contributed by atoms with E-state index in [4.69, 9.17) is 10.4 Å². The number of aryl methyl sites for hydroxylation is 2. The fourth-order valence-electron chi connectivity index (χ4n) is 2.29. The Labute approximate surface area is 150 Å². The fraction of sp³-hybridized carbons (Fsp3) is 0.214. The van der Waals surface area contributed by atoms with Crippen LogP contribution in [0.15, 0.2) is 32.6 Å². The average Bonchev–Trinajstić information content (AvgIpc) is 3.34. The second-order valence-electron chi connectivity index (χ2n) is 5.31.